The quantitative estimate of drug-likeness (QED) is 0.915. The molecule has 1 unspecified atom stereocenters. The summed E-state index contributed by atoms with van der Waals surface area (Å²) in [6.45, 7) is 2.52. The van der Waals surface area contributed by atoms with E-state index in [4.69, 9.17) is 16.3 Å². The van der Waals surface area contributed by atoms with Crippen molar-refractivity contribution in [1.82, 2.24) is 14.9 Å². The molecule has 0 fully saturated rings. The fourth-order valence-corrected chi connectivity index (χ4v) is 1.87. The number of aromatic nitrogens is 2. The lowest BCUT2D eigenvalue weighted by atomic mass is 10.1. The summed E-state index contributed by atoms with van der Waals surface area (Å²) < 4.78 is 7.50. The van der Waals surface area contributed by atoms with Gasteiger partial charge in [0.1, 0.15) is 23.3 Å². The van der Waals surface area contributed by atoms with E-state index in [1.165, 1.54) is 5.56 Å². The number of nitrogens with zero attached hydrogens (tertiary/aromatic N) is 2. The van der Waals surface area contributed by atoms with Crippen molar-refractivity contribution in [2.45, 2.75) is 19.6 Å². The van der Waals surface area contributed by atoms with Crippen molar-refractivity contribution >= 4 is 11.6 Å². The summed E-state index contributed by atoms with van der Waals surface area (Å²) in [4.78, 5) is 4.19. The van der Waals surface area contributed by atoms with Gasteiger partial charge in [-0.15, -0.1) is 0 Å². The maximum absolute atomic E-state index is 5.92. The maximum Gasteiger partial charge on any atom is 0.147 e. The number of hydrogen-bond donors (Lipinski definition) is 1. The first kappa shape index (κ1) is 13.9. The molecule has 0 spiro atoms. The highest BCUT2D eigenvalue weighted by molar-refractivity contribution is 6.29. The molecule has 0 aliphatic rings. The van der Waals surface area contributed by atoms with Gasteiger partial charge < -0.3 is 14.6 Å². The van der Waals surface area contributed by atoms with Gasteiger partial charge in [-0.25, -0.2) is 4.98 Å². The van der Waals surface area contributed by atoms with Crippen LogP contribution in [0.1, 0.15) is 24.4 Å². The van der Waals surface area contributed by atoms with Gasteiger partial charge in [0, 0.05) is 13.1 Å². The van der Waals surface area contributed by atoms with Crippen LogP contribution in [0.15, 0.2) is 30.5 Å². The van der Waals surface area contributed by atoms with E-state index in [1.807, 2.05) is 26.2 Å². The second-order valence-corrected chi connectivity index (χ2v) is 4.81. The minimum atomic E-state index is 0.336. The molecular formula is C14H18ClN3O. The number of imidazole rings is 1. The smallest absolute Gasteiger partial charge is 0.147 e. The first-order valence-corrected chi connectivity index (χ1v) is 6.55. The molecule has 2 aromatic rings. The summed E-state index contributed by atoms with van der Waals surface area (Å²) in [5, 5.41) is 3.81. The first-order chi connectivity index (χ1) is 9.11. The number of halogens is 1. The minimum Gasteiger partial charge on any atom is -0.486 e. The fourth-order valence-electron chi connectivity index (χ4n) is 1.73. The molecule has 1 aromatic carbocycles. The average Bonchev–Trinajstić information content (AvgIpc) is 2.76. The van der Waals surface area contributed by atoms with Crippen molar-refractivity contribution in [3.63, 3.8) is 0 Å². The maximum atomic E-state index is 5.92. The fraction of sp³-hybridized carbons (Fsp3) is 0.357. The van der Waals surface area contributed by atoms with Crippen LogP contribution in [0.2, 0.25) is 5.15 Å². The van der Waals surface area contributed by atoms with Crippen LogP contribution in [0, 0.1) is 0 Å². The van der Waals surface area contributed by atoms with Crippen molar-refractivity contribution in [3.8, 4) is 5.75 Å². The van der Waals surface area contributed by atoms with E-state index < -0.39 is 0 Å². The van der Waals surface area contributed by atoms with Crippen LogP contribution < -0.4 is 10.1 Å². The van der Waals surface area contributed by atoms with Crippen molar-refractivity contribution in [3.05, 3.63) is 47.0 Å². The Hall–Kier alpha value is -1.52. The monoisotopic (exact) mass is 279 g/mol. The Kier molecular flexibility index (Phi) is 4.45. The molecule has 0 saturated heterocycles. The van der Waals surface area contributed by atoms with Crippen molar-refractivity contribution in [2.75, 3.05) is 7.05 Å². The second kappa shape index (κ2) is 6.08. The van der Waals surface area contributed by atoms with Crippen molar-refractivity contribution < 1.29 is 4.74 Å². The Morgan fingerprint density at radius 1 is 1.37 bits per heavy atom. The third-order valence-electron chi connectivity index (χ3n) is 3.21. The number of benzene rings is 1. The molecular weight excluding hydrogens is 262 g/mol. The molecule has 1 heterocycles. The van der Waals surface area contributed by atoms with Gasteiger partial charge in [-0.3, -0.25) is 0 Å². The van der Waals surface area contributed by atoms with Crippen molar-refractivity contribution in [1.29, 1.82) is 0 Å². The Balaban J connectivity index is 1.98. The van der Waals surface area contributed by atoms with Gasteiger partial charge >= 0.3 is 0 Å². The molecule has 0 amide bonds. The predicted molar refractivity (Wildman–Crippen MR) is 76.5 cm³/mol. The van der Waals surface area contributed by atoms with E-state index >= 15 is 0 Å². The zero-order chi connectivity index (χ0) is 13.8. The zero-order valence-corrected chi connectivity index (χ0v) is 12.1. The molecule has 4 nitrogen and oxygen atoms in total. The first-order valence-electron chi connectivity index (χ1n) is 6.18. The zero-order valence-electron chi connectivity index (χ0n) is 11.4. The third kappa shape index (κ3) is 3.28. The molecule has 0 radical (unpaired) electrons. The summed E-state index contributed by atoms with van der Waals surface area (Å²) in [7, 11) is 3.81. The number of hydrogen-bond acceptors (Lipinski definition) is 3. The van der Waals surface area contributed by atoms with Gasteiger partial charge in [0.05, 0.1) is 6.20 Å². The Morgan fingerprint density at radius 2 is 2.05 bits per heavy atom. The predicted octanol–water partition coefficient (Wildman–Crippen LogP) is 2.93. The van der Waals surface area contributed by atoms with Crippen molar-refractivity contribution in [2.24, 2.45) is 7.05 Å². The summed E-state index contributed by atoms with van der Waals surface area (Å²) in [5.41, 5.74) is 1.23. The number of nitrogens with one attached hydrogen (secondary N) is 1. The van der Waals surface area contributed by atoms with Crippen LogP contribution in [0.3, 0.4) is 0 Å². The molecule has 0 bridgehead atoms. The molecule has 0 aliphatic heterocycles. The van der Waals surface area contributed by atoms with Crippen LogP contribution in [0.25, 0.3) is 0 Å². The topological polar surface area (TPSA) is 39.1 Å². The van der Waals surface area contributed by atoms with E-state index in [0.717, 1.165) is 11.6 Å². The molecule has 1 aromatic heterocycles. The lowest BCUT2D eigenvalue weighted by Gasteiger charge is -2.11. The molecule has 5 heteroatoms. The second-order valence-electron chi connectivity index (χ2n) is 4.42. The molecule has 1 atom stereocenters. The summed E-state index contributed by atoms with van der Waals surface area (Å²) in [5.74, 6) is 1.63. The van der Waals surface area contributed by atoms with E-state index in [9.17, 15) is 0 Å². The van der Waals surface area contributed by atoms with Gasteiger partial charge in [0.15, 0.2) is 0 Å². The van der Waals surface area contributed by atoms with Crippen LogP contribution in [0.5, 0.6) is 5.75 Å². The number of rotatable bonds is 5. The lowest BCUT2D eigenvalue weighted by molar-refractivity contribution is 0.291. The lowest BCUT2D eigenvalue weighted by Crippen LogP contribution is -2.12. The van der Waals surface area contributed by atoms with E-state index in [0.29, 0.717) is 17.8 Å². The SMILES string of the molecule is CNC(C)c1ccc(OCc2ncc(Cl)n2C)cc1. The van der Waals surface area contributed by atoms with Gasteiger partial charge in [-0.05, 0) is 31.7 Å². The van der Waals surface area contributed by atoms with Crippen LogP contribution in [0.4, 0.5) is 0 Å². The highest BCUT2D eigenvalue weighted by atomic mass is 35.5. The molecule has 0 saturated carbocycles. The highest BCUT2D eigenvalue weighted by Gasteiger charge is 2.06. The van der Waals surface area contributed by atoms with Gasteiger partial charge in [0.25, 0.3) is 0 Å². The third-order valence-corrected chi connectivity index (χ3v) is 3.56. The van der Waals surface area contributed by atoms with Crippen LogP contribution in [-0.2, 0) is 13.7 Å². The summed E-state index contributed by atoms with van der Waals surface area (Å²) in [6, 6.07) is 8.38. The Bertz CT molecular complexity index is 536. The van der Waals surface area contributed by atoms with E-state index in [-0.39, 0.29) is 0 Å². The van der Waals surface area contributed by atoms with Gasteiger partial charge in [-0.1, -0.05) is 23.7 Å². The Morgan fingerprint density at radius 3 is 2.58 bits per heavy atom. The highest BCUT2D eigenvalue weighted by Crippen LogP contribution is 2.18. The van der Waals surface area contributed by atoms with Gasteiger partial charge in [0.2, 0.25) is 0 Å². The standard InChI is InChI=1S/C14H18ClN3O/c1-10(16-2)11-4-6-12(7-5-11)19-9-14-17-8-13(15)18(14)3/h4-8,10,16H,9H2,1-3H3. The molecule has 102 valence electrons. The molecule has 2 rings (SSSR count). The molecule has 19 heavy (non-hydrogen) atoms. The molecule has 0 aliphatic carbocycles. The normalized spacial score (nSPS) is 12.4. The summed E-state index contributed by atoms with van der Waals surface area (Å²) in [6.07, 6.45) is 1.62. The van der Waals surface area contributed by atoms with E-state index in [2.05, 4.69) is 29.4 Å². The molecule has 1 N–H and O–H groups in total. The van der Waals surface area contributed by atoms with Crippen LogP contribution >= 0.6 is 11.6 Å². The van der Waals surface area contributed by atoms with Gasteiger partial charge in [-0.2, -0.15) is 0 Å². The summed E-state index contributed by atoms with van der Waals surface area (Å²) >= 11 is 5.92. The van der Waals surface area contributed by atoms with Crippen LogP contribution in [-0.4, -0.2) is 16.6 Å². The van der Waals surface area contributed by atoms with E-state index in [1.54, 1.807) is 10.8 Å². The number of ether oxygens (including phenoxy) is 1. The minimum absolute atomic E-state index is 0.336. The average molecular weight is 280 g/mol. The Labute approximate surface area is 118 Å². The largest absolute Gasteiger partial charge is 0.486 e.